The second kappa shape index (κ2) is 6.44. The van der Waals surface area contributed by atoms with E-state index in [1.54, 1.807) is 18.4 Å². The highest BCUT2D eigenvalue weighted by Crippen LogP contribution is 2.24. The zero-order chi connectivity index (χ0) is 17.4. The van der Waals surface area contributed by atoms with Gasteiger partial charge in [0.2, 0.25) is 0 Å². The van der Waals surface area contributed by atoms with E-state index in [0.717, 1.165) is 10.3 Å². The fourth-order valence-corrected chi connectivity index (χ4v) is 4.20. The van der Waals surface area contributed by atoms with Gasteiger partial charge in [0, 0.05) is 30.9 Å². The predicted octanol–water partition coefficient (Wildman–Crippen LogP) is 0.743. The van der Waals surface area contributed by atoms with Crippen LogP contribution in [0.4, 0.5) is 0 Å². The van der Waals surface area contributed by atoms with Gasteiger partial charge in [0.25, 0.3) is 5.56 Å². The van der Waals surface area contributed by atoms with Crippen molar-refractivity contribution in [2.24, 2.45) is 14.1 Å². The molecule has 0 atom stereocenters. The lowest BCUT2D eigenvalue weighted by molar-refractivity contribution is -0.139. The van der Waals surface area contributed by atoms with Crippen molar-refractivity contribution < 1.29 is 9.53 Å². The lowest BCUT2D eigenvalue weighted by Crippen LogP contribution is -2.37. The number of ether oxygens (including phenoxy) is 1. The van der Waals surface area contributed by atoms with E-state index in [0.29, 0.717) is 28.5 Å². The Bertz CT molecular complexity index is 1040. The minimum atomic E-state index is -0.406. The van der Waals surface area contributed by atoms with Gasteiger partial charge in [-0.15, -0.1) is 23.1 Å². The maximum atomic E-state index is 12.5. The lowest BCUT2D eigenvalue weighted by Gasteiger charge is -2.04. The first-order valence-corrected chi connectivity index (χ1v) is 9.27. The van der Waals surface area contributed by atoms with Gasteiger partial charge in [-0.2, -0.15) is 0 Å². The van der Waals surface area contributed by atoms with Crippen LogP contribution in [0.1, 0.15) is 12.6 Å². The zero-order valence-corrected chi connectivity index (χ0v) is 15.1. The van der Waals surface area contributed by atoms with E-state index in [1.165, 1.54) is 34.7 Å². The highest BCUT2D eigenvalue weighted by atomic mass is 32.2. The summed E-state index contributed by atoms with van der Waals surface area (Å²) in [5, 5.41) is 1.91. The number of aryl methyl sites for hydroxylation is 1. The van der Waals surface area contributed by atoms with Crippen LogP contribution in [0.2, 0.25) is 0 Å². The SMILES string of the molecule is CCOC(=O)CSCc1csc2nc3c(c(=O)n(C)c(=O)n3C)n12. The Morgan fingerprint density at radius 3 is 2.79 bits per heavy atom. The molecule has 0 aliphatic heterocycles. The number of esters is 1. The number of aromatic nitrogens is 4. The van der Waals surface area contributed by atoms with E-state index < -0.39 is 5.69 Å². The van der Waals surface area contributed by atoms with Crippen molar-refractivity contribution in [2.75, 3.05) is 12.4 Å². The fraction of sp³-hybridized carbons (Fsp3) is 0.429. The smallest absolute Gasteiger partial charge is 0.332 e. The molecule has 0 amide bonds. The Hall–Kier alpha value is -2.07. The highest BCUT2D eigenvalue weighted by molar-refractivity contribution is 7.99. The number of hydrogen-bond acceptors (Lipinski definition) is 7. The van der Waals surface area contributed by atoms with Crippen LogP contribution in [0.5, 0.6) is 0 Å². The van der Waals surface area contributed by atoms with Crippen molar-refractivity contribution in [3.63, 3.8) is 0 Å². The number of thioether (sulfide) groups is 1. The molecule has 0 aliphatic carbocycles. The van der Waals surface area contributed by atoms with Crippen molar-refractivity contribution in [2.45, 2.75) is 12.7 Å². The Labute approximate surface area is 144 Å². The first-order chi connectivity index (χ1) is 11.5. The summed E-state index contributed by atoms with van der Waals surface area (Å²) in [6.07, 6.45) is 0. The normalized spacial score (nSPS) is 11.5. The molecule has 3 heterocycles. The number of nitrogens with zero attached hydrogens (tertiary/aromatic N) is 4. The topological polar surface area (TPSA) is 87.6 Å². The zero-order valence-electron chi connectivity index (χ0n) is 13.4. The molecule has 3 aromatic rings. The van der Waals surface area contributed by atoms with Crippen LogP contribution >= 0.6 is 23.1 Å². The van der Waals surface area contributed by atoms with Gasteiger partial charge in [0.1, 0.15) is 0 Å². The molecule has 0 N–H and O–H groups in total. The minimum Gasteiger partial charge on any atom is -0.465 e. The number of carbonyl (C=O) groups is 1. The predicted molar refractivity (Wildman–Crippen MR) is 93.9 cm³/mol. The van der Waals surface area contributed by atoms with Crippen LogP contribution in [0, 0.1) is 0 Å². The van der Waals surface area contributed by atoms with Crippen molar-refractivity contribution in [1.29, 1.82) is 0 Å². The summed E-state index contributed by atoms with van der Waals surface area (Å²) >= 11 is 2.81. The summed E-state index contributed by atoms with van der Waals surface area (Å²) in [6.45, 7) is 2.13. The van der Waals surface area contributed by atoms with Gasteiger partial charge in [0.05, 0.1) is 12.4 Å². The van der Waals surface area contributed by atoms with Gasteiger partial charge in [0.15, 0.2) is 16.1 Å². The van der Waals surface area contributed by atoms with Crippen LogP contribution in [-0.2, 0) is 29.4 Å². The van der Waals surface area contributed by atoms with Crippen molar-refractivity contribution >= 4 is 45.2 Å². The minimum absolute atomic E-state index is 0.244. The summed E-state index contributed by atoms with van der Waals surface area (Å²) in [4.78, 5) is 41.0. The van der Waals surface area contributed by atoms with Gasteiger partial charge in [-0.3, -0.25) is 23.1 Å². The standard InChI is InChI=1S/C14H16N4O4S2/c1-4-22-9(19)7-23-5-8-6-24-13-15-11-10(18(8)13)12(20)17(3)14(21)16(11)2/h6H,4-5,7H2,1-3H3. The number of fused-ring (bicyclic) bond motifs is 3. The van der Waals surface area contributed by atoms with Crippen molar-refractivity contribution in [3.05, 3.63) is 31.9 Å². The number of imidazole rings is 1. The van der Waals surface area contributed by atoms with Crippen LogP contribution < -0.4 is 11.2 Å². The third kappa shape index (κ3) is 2.65. The highest BCUT2D eigenvalue weighted by Gasteiger charge is 2.18. The molecule has 3 aromatic heterocycles. The van der Waals surface area contributed by atoms with E-state index in [2.05, 4.69) is 4.98 Å². The van der Waals surface area contributed by atoms with E-state index in [1.807, 2.05) is 5.38 Å². The monoisotopic (exact) mass is 368 g/mol. The van der Waals surface area contributed by atoms with Crippen LogP contribution in [-0.4, -0.2) is 36.8 Å². The number of rotatable bonds is 5. The average molecular weight is 368 g/mol. The van der Waals surface area contributed by atoms with E-state index in [-0.39, 0.29) is 17.3 Å². The molecule has 0 fully saturated rings. The molecule has 8 nitrogen and oxygen atoms in total. The fourth-order valence-electron chi connectivity index (χ4n) is 2.43. The molecule has 0 bridgehead atoms. The number of thiazole rings is 1. The van der Waals surface area contributed by atoms with Crippen molar-refractivity contribution in [1.82, 2.24) is 18.5 Å². The molecule has 0 aliphatic rings. The lowest BCUT2D eigenvalue weighted by atomic mass is 10.5. The summed E-state index contributed by atoms with van der Waals surface area (Å²) in [5.41, 5.74) is 0.823. The molecular weight excluding hydrogens is 352 g/mol. The molecule has 0 radical (unpaired) electrons. The van der Waals surface area contributed by atoms with E-state index in [4.69, 9.17) is 4.74 Å². The first kappa shape index (κ1) is 16.8. The summed E-state index contributed by atoms with van der Waals surface area (Å²) < 4.78 is 9.10. The Morgan fingerprint density at radius 2 is 2.08 bits per heavy atom. The second-order valence-corrected chi connectivity index (χ2v) is 6.95. The molecule has 0 saturated heterocycles. The molecule has 24 heavy (non-hydrogen) atoms. The molecule has 0 unspecified atom stereocenters. The molecule has 3 rings (SSSR count). The van der Waals surface area contributed by atoms with Gasteiger partial charge in [-0.05, 0) is 6.92 Å². The molecule has 0 aromatic carbocycles. The van der Waals surface area contributed by atoms with E-state index >= 15 is 0 Å². The maximum Gasteiger partial charge on any atom is 0.332 e. The summed E-state index contributed by atoms with van der Waals surface area (Å²) in [5.74, 6) is 0.521. The molecule has 0 spiro atoms. The number of carbonyl (C=O) groups excluding carboxylic acids is 1. The van der Waals surface area contributed by atoms with E-state index in [9.17, 15) is 14.4 Å². The Balaban J connectivity index is 2.04. The quantitative estimate of drug-likeness (QED) is 0.618. The third-order valence-electron chi connectivity index (χ3n) is 3.59. The van der Waals surface area contributed by atoms with Crippen LogP contribution in [0.3, 0.4) is 0 Å². The largest absolute Gasteiger partial charge is 0.465 e. The summed E-state index contributed by atoms with van der Waals surface area (Å²) in [7, 11) is 3.04. The van der Waals surface area contributed by atoms with Gasteiger partial charge in [-0.1, -0.05) is 0 Å². The average Bonchev–Trinajstić information content (AvgIpc) is 3.11. The second-order valence-electron chi connectivity index (χ2n) is 5.13. The summed E-state index contributed by atoms with van der Waals surface area (Å²) in [6, 6.07) is 0. The molecule has 0 saturated carbocycles. The first-order valence-electron chi connectivity index (χ1n) is 7.23. The van der Waals surface area contributed by atoms with Crippen LogP contribution in [0.25, 0.3) is 16.1 Å². The van der Waals surface area contributed by atoms with Gasteiger partial charge in [-0.25, -0.2) is 9.78 Å². The molecular formula is C14H16N4O4S2. The third-order valence-corrected chi connectivity index (χ3v) is 5.40. The van der Waals surface area contributed by atoms with Gasteiger partial charge < -0.3 is 4.74 Å². The van der Waals surface area contributed by atoms with Crippen LogP contribution in [0.15, 0.2) is 15.0 Å². The Morgan fingerprint density at radius 1 is 1.33 bits per heavy atom. The number of hydrogen-bond donors (Lipinski definition) is 0. The maximum absolute atomic E-state index is 12.5. The van der Waals surface area contributed by atoms with Gasteiger partial charge >= 0.3 is 11.7 Å². The van der Waals surface area contributed by atoms with Crippen molar-refractivity contribution in [3.8, 4) is 0 Å². The molecule has 128 valence electrons. The Kier molecular flexibility index (Phi) is 4.50. The molecule has 10 heteroatoms.